The van der Waals surface area contributed by atoms with E-state index in [0.717, 1.165) is 18.4 Å². The zero-order valence-corrected chi connectivity index (χ0v) is 35.5. The third kappa shape index (κ3) is 8.62. The number of Topliss-reactive ketones (excluding diaryl/α,β-unsaturated/α-hetero) is 1. The van der Waals surface area contributed by atoms with Crippen LogP contribution in [0.1, 0.15) is 78.1 Å². The van der Waals surface area contributed by atoms with E-state index in [1.165, 1.54) is 6.42 Å². The van der Waals surface area contributed by atoms with Crippen molar-refractivity contribution >= 4 is 17.5 Å². The van der Waals surface area contributed by atoms with Crippen molar-refractivity contribution < 1.29 is 68.7 Å². The molecule has 349 valence electrons. The Morgan fingerprint density at radius 2 is 1.56 bits per heavy atom. The van der Waals surface area contributed by atoms with Crippen LogP contribution in [-0.2, 0) is 38.1 Å². The number of ketones is 2. The summed E-state index contributed by atoms with van der Waals surface area (Å²) in [5.74, 6) is -1.19. The second kappa shape index (κ2) is 18.5. The quantitative estimate of drug-likeness (QED) is 0.0658. The van der Waals surface area contributed by atoms with Crippen LogP contribution in [-0.4, -0.2) is 159 Å². The molecule has 21 atom stereocenters. The number of fused-ring (bicyclic) bond motifs is 5. The Balaban J connectivity index is 0.887. The number of rotatable bonds is 13. The van der Waals surface area contributed by atoms with Gasteiger partial charge in [-0.05, 0) is 81.8 Å². The Hall–Kier alpha value is -2.31. The minimum absolute atomic E-state index is 0.00494. The van der Waals surface area contributed by atoms with Gasteiger partial charge in [-0.2, -0.15) is 0 Å². The molecule has 0 spiro atoms. The minimum Gasteiger partial charge on any atom is -0.463 e. The van der Waals surface area contributed by atoms with Crippen molar-refractivity contribution in [2.24, 2.45) is 57.3 Å². The van der Waals surface area contributed by atoms with E-state index < -0.39 is 126 Å². The molecule has 0 aromatic carbocycles. The lowest BCUT2D eigenvalue weighted by molar-refractivity contribution is -0.315. The molecule has 5 aliphatic carbocycles. The number of carbonyl (C=O) groups excluding carboxylic acids is 3. The van der Waals surface area contributed by atoms with Crippen LogP contribution in [0.5, 0.6) is 0 Å². The topological polar surface area (TPSA) is 349 Å². The summed E-state index contributed by atoms with van der Waals surface area (Å²) in [5, 5.41) is 67.1. The highest BCUT2D eigenvalue weighted by atomic mass is 16.7. The largest absolute Gasteiger partial charge is 0.463 e. The Bertz CT molecular complexity index is 1720. The van der Waals surface area contributed by atoms with E-state index in [-0.39, 0.29) is 75.0 Å². The standard InChI is InChI=1S/C43H68N5O14/c1-41-11-9-20(49)13-19(41)7-8-21-22-10-12-43(57,42(22,2)16-27(51)32(21)41)30(52)5-3-4-6-31(53)58-18-29-34(54)33(48)35(55)40(60-29)62-38-24(46)14-23(45)37(36(38)56)61-39-25(47)15-26(50)28(17-44)59-39/h5,9,11,13,21-29,32-40,50-51,54-57H,3-4,6-8,10,12,14-18,44-48H2,1-2H3/t21?,22?,23-,24+,25+,26-,27-,28+,29+,32?,33-,34+,35+,36-,37+,38-,39+,40+,41-,42-,43-/m0/s1. The highest BCUT2D eigenvalue weighted by Crippen LogP contribution is 2.67. The lowest BCUT2D eigenvalue weighted by Gasteiger charge is -2.59. The molecular formula is C43H68N5O14. The third-order valence-electron chi connectivity index (χ3n) is 15.6. The number of esters is 1. The summed E-state index contributed by atoms with van der Waals surface area (Å²) in [5.41, 5.74) is 28.7. The molecule has 7 aliphatic rings. The fraction of sp³-hybridized carbons (Fsp3) is 0.814. The lowest BCUT2D eigenvalue weighted by atomic mass is 9.46. The van der Waals surface area contributed by atoms with Gasteiger partial charge in [0.25, 0.3) is 0 Å². The number of carbonyl (C=O) groups is 3. The maximum atomic E-state index is 13.8. The van der Waals surface area contributed by atoms with Crippen LogP contribution in [0.2, 0.25) is 0 Å². The summed E-state index contributed by atoms with van der Waals surface area (Å²) in [6.45, 7) is 3.53. The van der Waals surface area contributed by atoms with Gasteiger partial charge in [-0.3, -0.25) is 14.4 Å². The summed E-state index contributed by atoms with van der Waals surface area (Å²) >= 11 is 0. The summed E-state index contributed by atoms with van der Waals surface area (Å²) < 4.78 is 29.0. The molecule has 7 rings (SSSR count). The van der Waals surface area contributed by atoms with Gasteiger partial charge in [0.15, 0.2) is 24.1 Å². The van der Waals surface area contributed by atoms with Crippen LogP contribution in [0.15, 0.2) is 23.8 Å². The molecule has 0 aromatic rings. The van der Waals surface area contributed by atoms with Crippen LogP contribution in [0.25, 0.3) is 0 Å². The summed E-state index contributed by atoms with van der Waals surface area (Å²) in [6.07, 6.45) is -3.28. The zero-order valence-electron chi connectivity index (χ0n) is 35.5. The van der Waals surface area contributed by atoms with E-state index in [1.807, 2.05) is 13.0 Å². The molecule has 19 nitrogen and oxygen atoms in total. The molecule has 2 aliphatic heterocycles. The van der Waals surface area contributed by atoms with Gasteiger partial charge in [-0.1, -0.05) is 25.5 Å². The maximum Gasteiger partial charge on any atom is 0.305 e. The van der Waals surface area contributed by atoms with E-state index in [0.29, 0.717) is 6.42 Å². The fourth-order valence-electron chi connectivity index (χ4n) is 12.0. The first-order valence-electron chi connectivity index (χ1n) is 22.2. The predicted octanol–water partition coefficient (Wildman–Crippen LogP) is -2.79. The molecule has 6 fully saturated rings. The van der Waals surface area contributed by atoms with Crippen molar-refractivity contribution in [3.63, 3.8) is 0 Å². The van der Waals surface area contributed by atoms with Crippen LogP contribution in [0.3, 0.4) is 0 Å². The number of aliphatic hydroxyl groups is 6. The molecule has 3 unspecified atom stereocenters. The van der Waals surface area contributed by atoms with Crippen LogP contribution >= 0.6 is 0 Å². The summed E-state index contributed by atoms with van der Waals surface area (Å²) in [6, 6.07) is -3.69. The number of hydrogen-bond donors (Lipinski definition) is 11. The first-order valence-corrected chi connectivity index (χ1v) is 22.2. The van der Waals surface area contributed by atoms with Crippen molar-refractivity contribution in [1.29, 1.82) is 0 Å². The van der Waals surface area contributed by atoms with Crippen molar-refractivity contribution in [2.75, 3.05) is 13.2 Å². The van der Waals surface area contributed by atoms with Gasteiger partial charge in [-0.25, -0.2) is 0 Å². The maximum absolute atomic E-state index is 13.8. The smallest absolute Gasteiger partial charge is 0.305 e. The normalized spacial score (nSPS) is 49.0. The molecule has 2 heterocycles. The SMILES string of the molecule is C[C@]12C=CC(=O)C=C1CCC1C2[C@@H](O)C[C@@]2(C)C1CC[C@]2(O)C(=O)[CH]CCCC(=O)OC[C@H]1O[C@H](O[C@@H]2[C@@H](O)[C@H](O[C@H]3O[C@H](CN)[C@@H](O)C[C@H]3N)[C@@H](N)C[C@H]2N)[C@H](O)[C@@H](N)[C@@H]1O. The van der Waals surface area contributed by atoms with E-state index in [4.69, 9.17) is 52.4 Å². The molecule has 0 aromatic heterocycles. The molecule has 62 heavy (non-hydrogen) atoms. The Labute approximate surface area is 361 Å². The number of hydrogen-bond acceptors (Lipinski definition) is 19. The molecule has 16 N–H and O–H groups in total. The second-order valence-electron chi connectivity index (χ2n) is 19.4. The number of unbranched alkanes of at least 4 members (excludes halogenated alkanes) is 1. The van der Waals surface area contributed by atoms with E-state index in [1.54, 1.807) is 12.2 Å². The van der Waals surface area contributed by atoms with Crippen molar-refractivity contribution in [3.8, 4) is 0 Å². The van der Waals surface area contributed by atoms with Gasteiger partial charge in [0.2, 0.25) is 0 Å². The molecule has 0 amide bonds. The van der Waals surface area contributed by atoms with Crippen molar-refractivity contribution in [2.45, 2.75) is 175 Å². The average molecular weight is 879 g/mol. The Kier molecular flexibility index (Phi) is 14.2. The first kappa shape index (κ1) is 47.6. The molecular weight excluding hydrogens is 810 g/mol. The summed E-state index contributed by atoms with van der Waals surface area (Å²) in [4.78, 5) is 38.8. The zero-order chi connectivity index (χ0) is 45.1. The van der Waals surface area contributed by atoms with Crippen LogP contribution in [0.4, 0.5) is 0 Å². The minimum atomic E-state index is -1.68. The highest BCUT2D eigenvalue weighted by Gasteiger charge is 2.68. The Morgan fingerprint density at radius 3 is 2.26 bits per heavy atom. The second-order valence-corrected chi connectivity index (χ2v) is 19.4. The molecule has 0 bridgehead atoms. The van der Waals surface area contributed by atoms with Crippen molar-refractivity contribution in [3.05, 3.63) is 30.2 Å². The number of nitrogens with two attached hydrogens (primary N) is 5. The molecule has 2 saturated heterocycles. The van der Waals surface area contributed by atoms with Crippen LogP contribution < -0.4 is 28.7 Å². The summed E-state index contributed by atoms with van der Waals surface area (Å²) in [7, 11) is 0. The third-order valence-corrected chi connectivity index (χ3v) is 15.6. The Morgan fingerprint density at radius 1 is 0.887 bits per heavy atom. The van der Waals surface area contributed by atoms with Gasteiger partial charge in [-0.15, -0.1) is 0 Å². The first-order chi connectivity index (χ1) is 29.2. The van der Waals surface area contributed by atoms with E-state index in [9.17, 15) is 45.0 Å². The molecule has 1 radical (unpaired) electrons. The van der Waals surface area contributed by atoms with Gasteiger partial charge in [0, 0.05) is 48.2 Å². The van der Waals surface area contributed by atoms with Crippen LogP contribution in [0, 0.1) is 35.0 Å². The van der Waals surface area contributed by atoms with Gasteiger partial charge in [0.1, 0.15) is 48.8 Å². The van der Waals surface area contributed by atoms with Gasteiger partial charge in [0.05, 0.1) is 30.4 Å². The van der Waals surface area contributed by atoms with Crippen molar-refractivity contribution in [1.82, 2.24) is 0 Å². The average Bonchev–Trinajstić information content (AvgIpc) is 3.49. The number of allylic oxidation sites excluding steroid dienone is 4. The van der Waals surface area contributed by atoms with E-state index in [2.05, 4.69) is 6.92 Å². The fourth-order valence-corrected chi connectivity index (χ4v) is 12.0. The number of ether oxygens (including phenoxy) is 5. The molecule has 19 heteroatoms. The van der Waals surface area contributed by atoms with Gasteiger partial charge < -0.3 is 83.0 Å². The van der Waals surface area contributed by atoms with Gasteiger partial charge >= 0.3 is 5.97 Å². The lowest BCUT2D eigenvalue weighted by Crippen LogP contribution is -2.68. The highest BCUT2D eigenvalue weighted by molar-refractivity contribution is 6.01. The predicted molar refractivity (Wildman–Crippen MR) is 218 cm³/mol. The van der Waals surface area contributed by atoms with E-state index >= 15 is 0 Å². The molecule has 4 saturated carbocycles. The number of aliphatic hydroxyl groups excluding tert-OH is 5. The monoisotopic (exact) mass is 878 g/mol.